The number of rotatable bonds is 6. The van der Waals surface area contributed by atoms with Gasteiger partial charge in [-0.15, -0.1) is 11.3 Å². The van der Waals surface area contributed by atoms with Gasteiger partial charge in [0.25, 0.3) is 0 Å². The Balaban J connectivity index is 1.37. The van der Waals surface area contributed by atoms with Crippen molar-refractivity contribution in [2.75, 3.05) is 12.8 Å². The first-order valence-corrected chi connectivity index (χ1v) is 10.2. The number of hydrogen-bond acceptors (Lipinski definition) is 6. The first-order valence-electron chi connectivity index (χ1n) is 8.34. The lowest BCUT2D eigenvalue weighted by Crippen LogP contribution is -2.27. The number of nitrogens with zero attached hydrogens (tertiary/aromatic N) is 5. The van der Waals surface area contributed by atoms with Crippen LogP contribution in [0, 0.1) is 0 Å². The zero-order valence-electron chi connectivity index (χ0n) is 14.6. The van der Waals surface area contributed by atoms with Gasteiger partial charge in [-0.05, 0) is 23.6 Å². The number of amides is 1. The minimum absolute atomic E-state index is 0.0516. The molecule has 0 radical (unpaired) electrons. The average molecular weight is 396 g/mol. The Hall–Kier alpha value is -2.71. The molecule has 6 nitrogen and oxygen atoms in total. The van der Waals surface area contributed by atoms with Crippen molar-refractivity contribution in [1.29, 1.82) is 0 Å². The van der Waals surface area contributed by atoms with Crippen LogP contribution in [-0.4, -0.2) is 43.4 Å². The molecule has 1 amide bonds. The van der Waals surface area contributed by atoms with Gasteiger partial charge < -0.3 is 4.90 Å². The summed E-state index contributed by atoms with van der Waals surface area (Å²) in [7, 11) is 1.81. The zero-order chi connectivity index (χ0) is 18.6. The molecule has 0 spiro atoms. The summed E-state index contributed by atoms with van der Waals surface area (Å²) in [6, 6.07) is 11.9. The number of carbonyl (C=O) groups is 1. The Labute approximate surface area is 164 Å². The first-order chi connectivity index (χ1) is 13.2. The van der Waals surface area contributed by atoms with Crippen molar-refractivity contribution in [3.8, 4) is 5.69 Å². The van der Waals surface area contributed by atoms with E-state index in [1.807, 2.05) is 59.7 Å². The van der Waals surface area contributed by atoms with Crippen molar-refractivity contribution in [3.05, 3.63) is 66.1 Å². The molecule has 8 heteroatoms. The Morgan fingerprint density at radius 3 is 2.93 bits per heavy atom. The molecule has 3 heterocycles. The van der Waals surface area contributed by atoms with Gasteiger partial charge in [0.1, 0.15) is 11.4 Å². The van der Waals surface area contributed by atoms with Gasteiger partial charge in [-0.2, -0.15) is 5.10 Å². The highest BCUT2D eigenvalue weighted by Crippen LogP contribution is 2.28. The fraction of sp³-hybridized carbons (Fsp3) is 0.158. The third kappa shape index (κ3) is 4.01. The number of hydrogen-bond donors (Lipinski definition) is 0. The Bertz CT molecular complexity index is 1060. The molecule has 4 aromatic rings. The van der Waals surface area contributed by atoms with Gasteiger partial charge in [-0.3, -0.25) is 4.79 Å². The number of benzene rings is 1. The molecule has 4 rings (SSSR count). The lowest BCUT2D eigenvalue weighted by Gasteiger charge is -2.15. The summed E-state index contributed by atoms with van der Waals surface area (Å²) in [5.74, 6) is 0.392. The van der Waals surface area contributed by atoms with Gasteiger partial charge in [0.15, 0.2) is 0 Å². The largest absolute Gasteiger partial charge is 0.341 e. The van der Waals surface area contributed by atoms with E-state index in [1.165, 1.54) is 11.8 Å². The van der Waals surface area contributed by atoms with E-state index in [2.05, 4.69) is 15.1 Å². The van der Waals surface area contributed by atoms with Gasteiger partial charge >= 0.3 is 0 Å². The normalized spacial score (nSPS) is 11.0. The predicted octanol–water partition coefficient (Wildman–Crippen LogP) is 3.63. The molecular formula is C19H17N5OS2. The van der Waals surface area contributed by atoms with Crippen LogP contribution in [0.25, 0.3) is 15.9 Å². The van der Waals surface area contributed by atoms with Gasteiger partial charge in [0.2, 0.25) is 5.91 Å². The van der Waals surface area contributed by atoms with E-state index in [0.29, 0.717) is 12.3 Å². The molecule has 0 bridgehead atoms. The van der Waals surface area contributed by atoms with Crippen molar-refractivity contribution in [1.82, 2.24) is 24.6 Å². The van der Waals surface area contributed by atoms with E-state index in [9.17, 15) is 4.79 Å². The molecule has 0 atom stereocenters. The van der Waals surface area contributed by atoms with Crippen LogP contribution in [-0.2, 0) is 11.3 Å². The van der Waals surface area contributed by atoms with E-state index in [1.54, 1.807) is 28.8 Å². The number of carbonyl (C=O) groups excluding carboxylic acids is 1. The number of para-hydroxylation sites is 1. The van der Waals surface area contributed by atoms with Crippen LogP contribution in [0.2, 0.25) is 0 Å². The van der Waals surface area contributed by atoms with Crippen molar-refractivity contribution in [3.63, 3.8) is 0 Å². The lowest BCUT2D eigenvalue weighted by atomic mass is 10.3. The van der Waals surface area contributed by atoms with Crippen LogP contribution < -0.4 is 0 Å². The molecule has 0 N–H and O–H groups in total. The third-order valence-electron chi connectivity index (χ3n) is 4.05. The van der Waals surface area contributed by atoms with Crippen molar-refractivity contribution in [2.24, 2.45) is 0 Å². The van der Waals surface area contributed by atoms with Crippen molar-refractivity contribution < 1.29 is 4.79 Å². The number of aromatic nitrogens is 4. The highest BCUT2D eigenvalue weighted by atomic mass is 32.2. The highest BCUT2D eigenvalue weighted by molar-refractivity contribution is 8.00. The average Bonchev–Trinajstić information content (AvgIpc) is 3.36. The summed E-state index contributed by atoms with van der Waals surface area (Å²) in [6.45, 7) is 0.518. The fourth-order valence-corrected chi connectivity index (χ4v) is 4.52. The molecule has 1 aromatic carbocycles. The van der Waals surface area contributed by atoms with Gasteiger partial charge in [-0.25, -0.2) is 14.6 Å². The summed E-state index contributed by atoms with van der Waals surface area (Å²) in [6.07, 6.45) is 5.29. The monoisotopic (exact) mass is 395 g/mol. The SMILES string of the molecule is CN(Cc1cnn(-c2ccccc2)c1)C(=O)CSc1ncnc2ccsc12. The maximum absolute atomic E-state index is 12.5. The minimum atomic E-state index is 0.0516. The van der Waals surface area contributed by atoms with Crippen LogP contribution in [0.15, 0.2) is 65.5 Å². The second-order valence-electron chi connectivity index (χ2n) is 5.98. The molecule has 0 fully saturated rings. The molecule has 0 aliphatic heterocycles. The van der Waals surface area contributed by atoms with Gasteiger partial charge in [-0.1, -0.05) is 30.0 Å². The molecule has 136 valence electrons. The summed E-state index contributed by atoms with van der Waals surface area (Å²) in [4.78, 5) is 22.8. The number of fused-ring (bicyclic) bond motifs is 1. The van der Waals surface area contributed by atoms with E-state index < -0.39 is 0 Å². The molecule has 0 saturated carbocycles. The first kappa shape index (κ1) is 17.7. The van der Waals surface area contributed by atoms with Crippen LogP contribution >= 0.6 is 23.1 Å². The van der Waals surface area contributed by atoms with Crippen LogP contribution in [0.3, 0.4) is 0 Å². The third-order valence-corrected chi connectivity index (χ3v) is 6.06. The topological polar surface area (TPSA) is 63.9 Å². The number of thiophene rings is 1. The van der Waals surface area contributed by atoms with Crippen LogP contribution in [0.4, 0.5) is 0 Å². The van der Waals surface area contributed by atoms with E-state index >= 15 is 0 Å². The molecule has 0 aliphatic rings. The van der Waals surface area contributed by atoms with Crippen molar-refractivity contribution in [2.45, 2.75) is 11.6 Å². The van der Waals surface area contributed by atoms with E-state index in [-0.39, 0.29) is 5.91 Å². The zero-order valence-corrected chi connectivity index (χ0v) is 16.3. The molecule has 0 aliphatic carbocycles. The summed E-state index contributed by atoms with van der Waals surface area (Å²) < 4.78 is 2.85. The summed E-state index contributed by atoms with van der Waals surface area (Å²) >= 11 is 3.05. The minimum Gasteiger partial charge on any atom is -0.341 e. The Morgan fingerprint density at radius 1 is 1.22 bits per heavy atom. The summed E-state index contributed by atoms with van der Waals surface area (Å²) in [5, 5.41) is 7.22. The smallest absolute Gasteiger partial charge is 0.233 e. The van der Waals surface area contributed by atoms with E-state index in [4.69, 9.17) is 0 Å². The lowest BCUT2D eigenvalue weighted by molar-refractivity contribution is -0.127. The second kappa shape index (κ2) is 7.89. The van der Waals surface area contributed by atoms with Gasteiger partial charge in [0, 0.05) is 25.4 Å². The van der Waals surface area contributed by atoms with Crippen LogP contribution in [0.1, 0.15) is 5.56 Å². The van der Waals surface area contributed by atoms with Crippen LogP contribution in [0.5, 0.6) is 0 Å². The molecular weight excluding hydrogens is 378 g/mol. The van der Waals surface area contributed by atoms with Crippen molar-refractivity contribution >= 4 is 39.2 Å². The Kier molecular flexibility index (Phi) is 5.17. The van der Waals surface area contributed by atoms with Gasteiger partial charge in [0.05, 0.1) is 27.9 Å². The van der Waals surface area contributed by atoms with E-state index in [0.717, 1.165) is 26.5 Å². The fourth-order valence-electron chi connectivity index (χ4n) is 2.64. The predicted molar refractivity (Wildman–Crippen MR) is 108 cm³/mol. The maximum atomic E-state index is 12.5. The molecule has 0 unspecified atom stereocenters. The maximum Gasteiger partial charge on any atom is 0.233 e. The standard InChI is InChI=1S/C19H17N5OS2/c1-23(10-14-9-22-24(11-14)15-5-3-2-4-6-15)17(25)12-27-19-18-16(7-8-26-18)20-13-21-19/h2-9,11,13H,10,12H2,1H3. The molecule has 27 heavy (non-hydrogen) atoms. The quantitative estimate of drug-likeness (QED) is 0.368. The number of thioether (sulfide) groups is 1. The summed E-state index contributed by atoms with van der Waals surface area (Å²) in [5.41, 5.74) is 2.91. The Morgan fingerprint density at radius 2 is 2.07 bits per heavy atom. The molecule has 0 saturated heterocycles. The molecule has 3 aromatic heterocycles. The second-order valence-corrected chi connectivity index (χ2v) is 7.86. The highest BCUT2D eigenvalue weighted by Gasteiger charge is 2.13.